The van der Waals surface area contributed by atoms with Crippen LogP contribution in [0.15, 0.2) is 24.3 Å². The van der Waals surface area contributed by atoms with E-state index in [-0.39, 0.29) is 5.91 Å². The van der Waals surface area contributed by atoms with E-state index in [1.165, 1.54) is 0 Å². The topological polar surface area (TPSA) is 53.3 Å². The highest BCUT2D eigenvalue weighted by Gasteiger charge is 2.32. The number of ether oxygens (including phenoxy) is 1. The Labute approximate surface area is 107 Å². The number of benzene rings is 1. The van der Waals surface area contributed by atoms with E-state index in [0.717, 1.165) is 12.8 Å². The van der Waals surface area contributed by atoms with E-state index in [1.54, 1.807) is 30.2 Å². The number of rotatable bonds is 5. The minimum absolute atomic E-state index is 0.00773. The highest BCUT2D eigenvalue weighted by molar-refractivity contribution is 5.95. The Balaban J connectivity index is 2.14. The third-order valence-corrected chi connectivity index (χ3v) is 3.03. The molecule has 1 aromatic carbocycles. The number of amides is 1. The first-order valence-electron chi connectivity index (χ1n) is 6.08. The molecule has 0 atom stereocenters. The smallest absolute Gasteiger partial charge is 0.254 e. The lowest BCUT2D eigenvalue weighted by Gasteiger charge is -2.21. The van der Waals surface area contributed by atoms with Gasteiger partial charge in [0, 0.05) is 18.2 Å². The number of nitrogens with zero attached hydrogens (tertiary/aromatic N) is 2. The number of carbonyl (C=O) groups excluding carboxylic acids is 1. The fourth-order valence-corrected chi connectivity index (χ4v) is 1.93. The number of carbonyl (C=O) groups is 1. The summed E-state index contributed by atoms with van der Waals surface area (Å²) in [6.45, 7) is 0.511. The van der Waals surface area contributed by atoms with Crippen LogP contribution in [0.4, 0.5) is 0 Å². The van der Waals surface area contributed by atoms with Crippen molar-refractivity contribution in [3.63, 3.8) is 0 Å². The molecule has 18 heavy (non-hydrogen) atoms. The summed E-state index contributed by atoms with van der Waals surface area (Å²) in [6.07, 6.45) is 2.47. The maximum absolute atomic E-state index is 12.4. The second-order valence-corrected chi connectivity index (χ2v) is 4.37. The van der Waals surface area contributed by atoms with Gasteiger partial charge in [-0.25, -0.2) is 0 Å². The van der Waals surface area contributed by atoms with Gasteiger partial charge in [-0.1, -0.05) is 6.07 Å². The molecular weight excluding hydrogens is 228 g/mol. The lowest BCUT2D eigenvalue weighted by Crippen LogP contribution is -2.33. The summed E-state index contributed by atoms with van der Waals surface area (Å²) in [6, 6.07) is 9.55. The van der Waals surface area contributed by atoms with Crippen LogP contribution < -0.4 is 4.74 Å². The molecule has 0 unspecified atom stereocenters. The Kier molecular flexibility index (Phi) is 3.83. The average Bonchev–Trinajstić information content (AvgIpc) is 3.23. The van der Waals surface area contributed by atoms with Crippen molar-refractivity contribution in [3.8, 4) is 11.8 Å². The van der Waals surface area contributed by atoms with Crippen LogP contribution in [0.5, 0.6) is 5.75 Å². The summed E-state index contributed by atoms with van der Waals surface area (Å²) in [7, 11) is 1.58. The van der Waals surface area contributed by atoms with Gasteiger partial charge in [0.1, 0.15) is 5.75 Å². The first-order valence-corrected chi connectivity index (χ1v) is 6.08. The SMILES string of the molecule is COc1cccc(C(=O)N(CCC#N)C2CC2)c1. The van der Waals surface area contributed by atoms with E-state index in [0.29, 0.717) is 30.3 Å². The summed E-state index contributed by atoms with van der Waals surface area (Å²) >= 11 is 0. The zero-order valence-corrected chi connectivity index (χ0v) is 10.4. The molecular formula is C14H16N2O2. The molecule has 1 saturated carbocycles. The van der Waals surface area contributed by atoms with Crippen molar-refractivity contribution in [1.29, 1.82) is 5.26 Å². The number of nitriles is 1. The maximum atomic E-state index is 12.4. The molecule has 0 aromatic heterocycles. The van der Waals surface area contributed by atoms with Gasteiger partial charge in [-0.2, -0.15) is 5.26 Å². The molecule has 0 radical (unpaired) electrons. The van der Waals surface area contributed by atoms with Crippen molar-refractivity contribution < 1.29 is 9.53 Å². The fourth-order valence-electron chi connectivity index (χ4n) is 1.93. The van der Waals surface area contributed by atoms with Gasteiger partial charge in [0.2, 0.25) is 0 Å². The Hall–Kier alpha value is -2.02. The van der Waals surface area contributed by atoms with Crippen LogP contribution >= 0.6 is 0 Å². The van der Waals surface area contributed by atoms with Gasteiger partial charge in [-0.15, -0.1) is 0 Å². The van der Waals surface area contributed by atoms with Crippen LogP contribution in [-0.4, -0.2) is 30.5 Å². The predicted octanol–water partition coefficient (Wildman–Crippen LogP) is 2.21. The van der Waals surface area contributed by atoms with E-state index in [9.17, 15) is 4.79 Å². The quantitative estimate of drug-likeness (QED) is 0.798. The van der Waals surface area contributed by atoms with E-state index in [2.05, 4.69) is 6.07 Å². The lowest BCUT2D eigenvalue weighted by molar-refractivity contribution is 0.0746. The normalized spacial score (nSPS) is 13.8. The van der Waals surface area contributed by atoms with E-state index >= 15 is 0 Å². The zero-order chi connectivity index (χ0) is 13.0. The van der Waals surface area contributed by atoms with Crippen molar-refractivity contribution >= 4 is 5.91 Å². The van der Waals surface area contributed by atoms with Gasteiger partial charge < -0.3 is 9.64 Å². The molecule has 1 aliphatic carbocycles. The number of hydrogen-bond acceptors (Lipinski definition) is 3. The van der Waals surface area contributed by atoms with Crippen LogP contribution in [0.25, 0.3) is 0 Å². The number of methoxy groups -OCH3 is 1. The molecule has 4 heteroatoms. The largest absolute Gasteiger partial charge is 0.497 e. The molecule has 0 heterocycles. The van der Waals surface area contributed by atoms with Gasteiger partial charge in [-0.3, -0.25) is 4.79 Å². The molecule has 1 aromatic rings. The zero-order valence-electron chi connectivity index (χ0n) is 10.4. The third kappa shape index (κ3) is 2.80. The van der Waals surface area contributed by atoms with Crippen LogP contribution in [0.3, 0.4) is 0 Å². The molecule has 0 N–H and O–H groups in total. The van der Waals surface area contributed by atoms with Gasteiger partial charge in [0.05, 0.1) is 19.6 Å². The molecule has 0 aliphatic heterocycles. The summed E-state index contributed by atoms with van der Waals surface area (Å²) in [4.78, 5) is 14.2. The number of hydrogen-bond donors (Lipinski definition) is 0. The summed E-state index contributed by atoms with van der Waals surface area (Å²) in [5, 5.41) is 8.64. The summed E-state index contributed by atoms with van der Waals surface area (Å²) in [5.41, 5.74) is 0.624. The Morgan fingerprint density at radius 2 is 2.33 bits per heavy atom. The van der Waals surface area contributed by atoms with Crippen LogP contribution in [0.1, 0.15) is 29.6 Å². The summed E-state index contributed by atoms with van der Waals surface area (Å²) in [5.74, 6) is 0.670. The lowest BCUT2D eigenvalue weighted by atomic mass is 10.2. The molecule has 0 saturated heterocycles. The van der Waals surface area contributed by atoms with Gasteiger partial charge in [0.25, 0.3) is 5.91 Å². The molecule has 1 amide bonds. The van der Waals surface area contributed by atoms with E-state index in [4.69, 9.17) is 10.00 Å². The molecule has 1 fully saturated rings. The summed E-state index contributed by atoms with van der Waals surface area (Å²) < 4.78 is 5.12. The van der Waals surface area contributed by atoms with Gasteiger partial charge >= 0.3 is 0 Å². The van der Waals surface area contributed by atoms with Crippen molar-refractivity contribution in [2.75, 3.05) is 13.7 Å². The second-order valence-electron chi connectivity index (χ2n) is 4.37. The first-order chi connectivity index (χ1) is 8.76. The van der Waals surface area contributed by atoms with E-state index < -0.39 is 0 Å². The Morgan fingerprint density at radius 1 is 1.56 bits per heavy atom. The van der Waals surface area contributed by atoms with Crippen molar-refractivity contribution in [1.82, 2.24) is 4.90 Å². The van der Waals surface area contributed by atoms with Crippen LogP contribution in [-0.2, 0) is 0 Å². The fraction of sp³-hybridized carbons (Fsp3) is 0.429. The molecule has 0 spiro atoms. The highest BCUT2D eigenvalue weighted by Crippen LogP contribution is 2.28. The van der Waals surface area contributed by atoms with Crippen molar-refractivity contribution in [2.45, 2.75) is 25.3 Å². The monoisotopic (exact) mass is 244 g/mol. The van der Waals surface area contributed by atoms with Crippen LogP contribution in [0.2, 0.25) is 0 Å². The predicted molar refractivity (Wildman–Crippen MR) is 67.3 cm³/mol. The minimum atomic E-state index is -0.00773. The molecule has 2 rings (SSSR count). The standard InChI is InChI=1S/C14H16N2O2/c1-18-13-5-2-4-11(10-13)14(17)16(9-3-8-15)12-6-7-12/h2,4-5,10,12H,3,6-7,9H2,1H3. The Morgan fingerprint density at radius 3 is 2.94 bits per heavy atom. The Bertz CT molecular complexity index is 475. The first kappa shape index (κ1) is 12.4. The van der Waals surface area contributed by atoms with Crippen molar-refractivity contribution in [2.24, 2.45) is 0 Å². The van der Waals surface area contributed by atoms with Gasteiger partial charge in [-0.05, 0) is 31.0 Å². The molecule has 4 nitrogen and oxygen atoms in total. The van der Waals surface area contributed by atoms with Crippen molar-refractivity contribution in [3.05, 3.63) is 29.8 Å². The minimum Gasteiger partial charge on any atom is -0.497 e. The van der Waals surface area contributed by atoms with E-state index in [1.807, 2.05) is 6.07 Å². The van der Waals surface area contributed by atoms with Crippen LogP contribution in [0, 0.1) is 11.3 Å². The highest BCUT2D eigenvalue weighted by atomic mass is 16.5. The molecule has 94 valence electrons. The van der Waals surface area contributed by atoms with Gasteiger partial charge in [0.15, 0.2) is 0 Å². The molecule has 0 bridgehead atoms. The maximum Gasteiger partial charge on any atom is 0.254 e. The second kappa shape index (κ2) is 5.54. The molecule has 1 aliphatic rings. The third-order valence-electron chi connectivity index (χ3n) is 3.03. The average molecular weight is 244 g/mol.